The standard InChI is InChI=1S/2K.2Na.2H3O4P.4H/c;;;;2*1-5(2,3)4;;;;/h;;;;2*(H3,1,2,3,4);;;;. The quantitative estimate of drug-likeness (QED) is 0.192. The van der Waals surface area contributed by atoms with Crippen LogP contribution in [0.1, 0.15) is 0 Å². The van der Waals surface area contributed by atoms with Gasteiger partial charge in [-0.25, -0.2) is 9.13 Å². The molecule has 72 valence electrons. The Morgan fingerprint density at radius 3 is 0.571 bits per heavy atom. The first-order chi connectivity index (χ1) is 4.00. The number of hydrogen-bond acceptors (Lipinski definition) is 2. The van der Waals surface area contributed by atoms with Crippen molar-refractivity contribution in [1.29, 1.82) is 0 Å². The van der Waals surface area contributed by atoms with E-state index in [1.165, 1.54) is 0 Å². The van der Waals surface area contributed by atoms with Gasteiger partial charge in [0.2, 0.25) is 0 Å². The molecule has 0 rings (SSSR count). The fourth-order valence-corrected chi connectivity index (χ4v) is 0. The Morgan fingerprint density at radius 2 is 0.571 bits per heavy atom. The second-order valence-corrected chi connectivity index (χ2v) is 3.08. The monoisotopic (exact) mass is 324 g/mol. The van der Waals surface area contributed by atoms with Gasteiger partial charge in [0.1, 0.15) is 0 Å². The van der Waals surface area contributed by atoms with Crippen molar-refractivity contribution < 1.29 is 38.5 Å². The molecule has 0 amide bonds. The Hall–Kier alpha value is 5.49. The van der Waals surface area contributed by atoms with Crippen molar-refractivity contribution in [1.82, 2.24) is 0 Å². The molecule has 14 heteroatoms. The Balaban J connectivity index is -0.0000000178. The van der Waals surface area contributed by atoms with Crippen molar-refractivity contribution >= 4 is 178 Å². The van der Waals surface area contributed by atoms with Gasteiger partial charge in [0.15, 0.2) is 0 Å². The molecule has 0 fully saturated rings. The predicted molar refractivity (Wildman–Crippen MR) is 57.1 cm³/mol. The molecule has 0 aromatic heterocycles. The summed E-state index contributed by atoms with van der Waals surface area (Å²) in [5.74, 6) is 0. The van der Waals surface area contributed by atoms with E-state index in [9.17, 15) is 0 Å². The topological polar surface area (TPSA) is 156 Å². The molecule has 0 aliphatic rings. The van der Waals surface area contributed by atoms with E-state index >= 15 is 0 Å². The van der Waals surface area contributed by atoms with Crippen molar-refractivity contribution in [3.63, 3.8) is 0 Å². The van der Waals surface area contributed by atoms with Gasteiger partial charge in [-0.2, -0.15) is 0 Å². The van der Waals surface area contributed by atoms with E-state index in [-0.39, 0.29) is 162 Å². The van der Waals surface area contributed by atoms with Gasteiger partial charge in [0.25, 0.3) is 0 Å². The summed E-state index contributed by atoms with van der Waals surface area (Å²) >= 11 is 0. The summed E-state index contributed by atoms with van der Waals surface area (Å²) in [6, 6.07) is 0. The van der Waals surface area contributed by atoms with Crippen molar-refractivity contribution in [2.75, 3.05) is 0 Å². The zero-order chi connectivity index (χ0) is 9.00. The molecule has 0 aromatic carbocycles. The molecule has 0 radical (unpaired) electrons. The Morgan fingerprint density at radius 1 is 0.571 bits per heavy atom. The fraction of sp³-hybridized carbons (Fsp3) is 0. The maximum absolute atomic E-state index is 8.88. The molecule has 0 bridgehead atoms. The van der Waals surface area contributed by atoms with E-state index in [0.29, 0.717) is 0 Å². The molecule has 0 saturated carbocycles. The summed E-state index contributed by atoms with van der Waals surface area (Å²) in [6.07, 6.45) is 0. The molecule has 0 atom stereocenters. The minimum absolute atomic E-state index is 0. The third-order valence-electron chi connectivity index (χ3n) is 0. The van der Waals surface area contributed by atoms with E-state index in [0.717, 1.165) is 0 Å². The summed E-state index contributed by atoms with van der Waals surface area (Å²) in [5.41, 5.74) is 0. The van der Waals surface area contributed by atoms with Crippen LogP contribution >= 0.6 is 15.6 Å². The van der Waals surface area contributed by atoms with Crippen molar-refractivity contribution in [3.8, 4) is 0 Å². The van der Waals surface area contributed by atoms with Crippen LogP contribution in [0.15, 0.2) is 0 Å². The van der Waals surface area contributed by atoms with Gasteiger partial charge < -0.3 is 29.4 Å². The van der Waals surface area contributed by atoms with Crippen molar-refractivity contribution in [3.05, 3.63) is 0 Å². The molecule has 6 N–H and O–H groups in total. The fourth-order valence-electron chi connectivity index (χ4n) is 0. The van der Waals surface area contributed by atoms with Crippen LogP contribution in [0.2, 0.25) is 0 Å². The minimum atomic E-state index is -4.64. The molecule has 0 spiro atoms. The number of phosphoric acid groups is 2. The Labute approximate surface area is 210 Å². The van der Waals surface area contributed by atoms with Gasteiger partial charge in [0.05, 0.1) is 0 Å². The second kappa shape index (κ2) is 18.5. The maximum atomic E-state index is 8.88. The molecule has 0 saturated heterocycles. The van der Waals surface area contributed by atoms with E-state index in [4.69, 9.17) is 38.5 Å². The molecule has 0 aromatic rings. The molecular weight excluding hydrogens is 314 g/mol. The normalized spacial score (nSPS) is 8.43. The molecule has 0 aliphatic carbocycles. The van der Waals surface area contributed by atoms with Crippen LogP contribution in [0.3, 0.4) is 0 Å². The Bertz CT molecular complexity index is 136. The third-order valence-corrected chi connectivity index (χ3v) is 0. The molecular formula is H10K2Na2O8P2. The van der Waals surface area contributed by atoms with E-state index in [1.807, 2.05) is 0 Å². The SMILES string of the molecule is O=P(O)(O)O.O=P(O)(O)O.[KH].[KH].[NaH].[NaH]. The molecule has 8 nitrogen and oxygen atoms in total. The summed E-state index contributed by atoms with van der Waals surface area (Å²) < 4.78 is 17.8. The first-order valence-corrected chi connectivity index (χ1v) is 4.70. The Kier molecular flexibility index (Phi) is 48.4. The van der Waals surface area contributed by atoms with Gasteiger partial charge >= 0.3 is 178 Å². The average Bonchev–Trinajstić information content (AvgIpc) is 1.12. The van der Waals surface area contributed by atoms with Crippen LogP contribution in [0.25, 0.3) is 0 Å². The summed E-state index contributed by atoms with van der Waals surface area (Å²) in [4.78, 5) is 43.1. The van der Waals surface area contributed by atoms with E-state index < -0.39 is 15.6 Å². The van der Waals surface area contributed by atoms with Crippen molar-refractivity contribution in [2.45, 2.75) is 0 Å². The summed E-state index contributed by atoms with van der Waals surface area (Å²) in [6.45, 7) is 0. The predicted octanol–water partition coefficient (Wildman–Crippen LogP) is -4.45. The van der Waals surface area contributed by atoms with Gasteiger partial charge in [-0.05, 0) is 0 Å². The van der Waals surface area contributed by atoms with Crippen LogP contribution < -0.4 is 0 Å². The zero-order valence-electron chi connectivity index (χ0n) is 4.39. The third kappa shape index (κ3) is 158. The number of hydrogen-bond donors (Lipinski definition) is 6. The van der Waals surface area contributed by atoms with E-state index in [2.05, 4.69) is 0 Å². The second-order valence-electron chi connectivity index (χ2n) is 1.03. The summed E-state index contributed by atoms with van der Waals surface area (Å²) in [7, 11) is -9.28. The van der Waals surface area contributed by atoms with Crippen molar-refractivity contribution in [2.24, 2.45) is 0 Å². The number of rotatable bonds is 0. The van der Waals surface area contributed by atoms with Crippen LogP contribution in [-0.2, 0) is 9.13 Å². The first kappa shape index (κ1) is 36.6. The van der Waals surface area contributed by atoms with Crippen LogP contribution in [-0.4, -0.2) is 191 Å². The summed E-state index contributed by atoms with van der Waals surface area (Å²) in [5, 5.41) is 0. The molecule has 0 unspecified atom stereocenters. The zero-order valence-corrected chi connectivity index (χ0v) is 6.18. The van der Waals surface area contributed by atoms with Gasteiger partial charge in [-0.15, -0.1) is 0 Å². The van der Waals surface area contributed by atoms with Gasteiger partial charge in [-0.1, -0.05) is 0 Å². The molecule has 0 heterocycles. The van der Waals surface area contributed by atoms with Crippen LogP contribution in [0.5, 0.6) is 0 Å². The van der Waals surface area contributed by atoms with E-state index in [1.54, 1.807) is 0 Å². The molecule has 0 aliphatic heterocycles. The average molecular weight is 324 g/mol. The van der Waals surface area contributed by atoms with Gasteiger partial charge in [-0.3, -0.25) is 0 Å². The van der Waals surface area contributed by atoms with Crippen LogP contribution in [0, 0.1) is 0 Å². The molecule has 14 heavy (non-hydrogen) atoms. The van der Waals surface area contributed by atoms with Gasteiger partial charge in [0, 0.05) is 0 Å². The van der Waals surface area contributed by atoms with Crippen LogP contribution in [0.4, 0.5) is 0 Å². The first-order valence-electron chi connectivity index (χ1n) is 1.57.